The molecule has 0 aromatic rings. The molecule has 0 aromatic heterocycles. The zero-order valence-corrected chi connectivity index (χ0v) is 6.06. The molecule has 0 saturated heterocycles. The number of rotatable bonds is 0. The Labute approximate surface area is 83.9 Å². The van der Waals surface area contributed by atoms with Crippen molar-refractivity contribution in [3.8, 4) is 0 Å². The Balaban J connectivity index is 0. The van der Waals surface area contributed by atoms with E-state index in [4.69, 9.17) is 0 Å². The first-order valence-electron chi connectivity index (χ1n) is 0. The predicted molar refractivity (Wildman–Crippen MR) is 16.7 cm³/mol. The largest absolute Gasteiger partial charge is 1.00 e. The van der Waals surface area contributed by atoms with Gasteiger partial charge < -0.3 is 24.8 Å². The zero-order valence-electron chi connectivity index (χ0n) is 6.50. The fourth-order valence-electron chi connectivity index (χ4n) is 0. The van der Waals surface area contributed by atoms with Crippen LogP contribution in [-0.4, -0.2) is 21.9 Å². The summed E-state index contributed by atoms with van der Waals surface area (Å²) in [6.07, 6.45) is 0. The van der Waals surface area contributed by atoms with Crippen LogP contribution in [0.25, 0.3) is 0 Å². The van der Waals surface area contributed by atoms with Crippen molar-refractivity contribution in [2.75, 3.05) is 0 Å². The van der Waals surface area contributed by atoms with Crippen LogP contribution >= 0.6 is 0 Å². The quantitative estimate of drug-likeness (QED) is 0.293. The minimum absolute atomic E-state index is 0. The second-order valence-electron chi connectivity index (χ2n) is 0. The molecule has 0 aromatic carbocycles. The fraction of sp³-hybridized carbons (Fsp3) is 0. The summed E-state index contributed by atoms with van der Waals surface area (Å²) in [5.74, 6) is 0. The Morgan fingerprint density at radius 3 is 0.571 bits per heavy atom. The third-order valence-corrected chi connectivity index (χ3v) is 0. The van der Waals surface area contributed by atoms with Crippen molar-refractivity contribution in [1.29, 1.82) is 0 Å². The van der Waals surface area contributed by atoms with Gasteiger partial charge in [-0.1, -0.05) is 0 Å². The topological polar surface area (TPSA) is 126 Å². The van der Waals surface area contributed by atoms with E-state index in [0.717, 1.165) is 0 Å². The van der Waals surface area contributed by atoms with E-state index < -0.39 is 0 Å². The molecular weight excluding hydrogens is 126 g/mol. The van der Waals surface area contributed by atoms with E-state index in [1.807, 2.05) is 0 Å². The van der Waals surface area contributed by atoms with Crippen molar-refractivity contribution in [2.24, 2.45) is 0 Å². The summed E-state index contributed by atoms with van der Waals surface area (Å²) >= 11 is 0. The van der Waals surface area contributed by atoms with Crippen molar-refractivity contribution >= 4 is 0 Å². The van der Waals surface area contributed by atoms with E-state index in [-0.39, 0.29) is 84.2 Å². The van der Waals surface area contributed by atoms with Gasteiger partial charge in [-0.05, 0) is 0 Å². The molecule has 0 heterocycles. The molecule has 0 amide bonds. The van der Waals surface area contributed by atoms with Gasteiger partial charge in [0.15, 0.2) is 0 Å². The molecule has 0 saturated carbocycles. The molecule has 0 spiro atoms. The average Bonchev–Trinajstić information content (AvgIpc) is 0. The smallest absolute Gasteiger partial charge is 1.00 e. The third kappa shape index (κ3) is 83.7. The Morgan fingerprint density at radius 2 is 0.571 bits per heavy atom. The van der Waals surface area contributed by atoms with E-state index in [9.17, 15) is 0 Å². The molecule has 0 aliphatic heterocycles. The third-order valence-electron chi connectivity index (χ3n) is 0. The molecule has 0 unspecified atom stereocenters. The molecule has 7 heteroatoms. The van der Waals surface area contributed by atoms with Gasteiger partial charge in [0, 0.05) is 21.7 Å². The summed E-state index contributed by atoms with van der Waals surface area (Å²) in [7, 11) is 0. The maximum Gasteiger partial charge on any atom is 1.00 e. The Hall–Kier alpha value is 1.75. The number of hydrogen-bond donors (Lipinski definition) is 0. The molecule has 7 heavy (non-hydrogen) atoms. The average molecular weight is 136 g/mol. The minimum Gasteiger partial charge on any atom is -1.00 e. The molecule has 0 fully saturated rings. The summed E-state index contributed by atoms with van der Waals surface area (Å²) in [6, 6.07) is 0. The fourth-order valence-corrected chi connectivity index (χ4v) is 0. The molecule has 0 radical (unpaired) electrons. The van der Waals surface area contributed by atoms with Gasteiger partial charge in [0.2, 0.25) is 0 Å². The summed E-state index contributed by atoms with van der Waals surface area (Å²) in [5.41, 5.74) is 0. The molecule has 0 aliphatic carbocycles. The van der Waals surface area contributed by atoms with E-state index in [1.54, 1.807) is 0 Å². The van der Waals surface area contributed by atoms with E-state index in [2.05, 4.69) is 0 Å². The van der Waals surface area contributed by atoms with Gasteiger partial charge in [-0.2, -0.15) is 0 Å². The van der Waals surface area contributed by atoms with Crippen LogP contribution in [0.1, 0.15) is 2.85 Å². The molecule has 0 aliphatic rings. The van der Waals surface area contributed by atoms with Crippen LogP contribution in [0.5, 0.6) is 0 Å². The molecule has 8 N–H and O–H groups in total. The first kappa shape index (κ1) is 172. The Morgan fingerprint density at radius 1 is 0.571 bits per heavy atom. The normalized spacial score (nSPS) is 0. The van der Waals surface area contributed by atoms with Crippen molar-refractivity contribution in [2.45, 2.75) is 0 Å². The summed E-state index contributed by atoms with van der Waals surface area (Å²) in [6.45, 7) is 0. The predicted octanol–water partition coefficient (Wildman–Crippen LogP) is -9.07. The maximum atomic E-state index is 0. The van der Waals surface area contributed by atoms with Crippen LogP contribution < -0.4 is 37.7 Å². The van der Waals surface area contributed by atoms with Crippen molar-refractivity contribution < 1.29 is 84.2 Å². The van der Waals surface area contributed by atoms with Crippen LogP contribution in [0.15, 0.2) is 0 Å². The Bertz CT molecular complexity index is 16.5. The second-order valence-corrected chi connectivity index (χ2v) is 0. The van der Waals surface area contributed by atoms with Gasteiger partial charge in [-0.25, -0.2) is 0 Å². The van der Waals surface area contributed by atoms with Gasteiger partial charge in [0.05, 0.1) is 0 Å². The van der Waals surface area contributed by atoms with Crippen molar-refractivity contribution in [3.63, 3.8) is 0 Å². The molecule has 0 bridgehead atoms. The second kappa shape index (κ2) is 115. The summed E-state index contributed by atoms with van der Waals surface area (Å²) in [4.78, 5) is 0. The maximum absolute atomic E-state index is 0. The van der Waals surface area contributed by atoms with Crippen LogP contribution in [0.2, 0.25) is 0 Å². The molecule has 40 valence electrons. The van der Waals surface area contributed by atoms with Gasteiger partial charge in [0.25, 0.3) is 0 Å². The van der Waals surface area contributed by atoms with E-state index in [0.29, 0.717) is 0 Å². The first-order chi connectivity index (χ1) is 0. The van der Waals surface area contributed by atoms with Crippen molar-refractivity contribution in [3.05, 3.63) is 0 Å². The van der Waals surface area contributed by atoms with Gasteiger partial charge in [-0.15, -0.1) is 0 Å². The minimum atomic E-state index is 0. The molecule has 0 rings (SSSR count). The van der Waals surface area contributed by atoms with E-state index >= 15 is 0 Å². The van der Waals surface area contributed by atoms with Crippen LogP contribution in [0.3, 0.4) is 0 Å². The zero-order chi connectivity index (χ0) is 0. The van der Waals surface area contributed by atoms with Crippen molar-refractivity contribution in [1.82, 2.24) is 0 Å². The molecule has 0 atom stereocenters. The first-order valence-corrected chi connectivity index (χ1v) is 0. The standard InChI is InChI=1S/2Li.4H2O.Ti.2H/h;;4*1H2;;;/q2*+1;;;;;;2*-1. The van der Waals surface area contributed by atoms with Gasteiger partial charge in [0.1, 0.15) is 0 Å². The van der Waals surface area contributed by atoms with Crippen LogP contribution in [0, 0.1) is 0 Å². The van der Waals surface area contributed by atoms with Gasteiger partial charge in [-0.3, -0.25) is 0 Å². The SMILES string of the molecule is O.O.O.O.[H-].[H-].[Li+].[Li+].[Ti]. The van der Waals surface area contributed by atoms with Crippen LogP contribution in [0.4, 0.5) is 0 Å². The Kier molecular flexibility index (Phi) is 2830. The molecule has 4 nitrogen and oxygen atoms in total. The van der Waals surface area contributed by atoms with Gasteiger partial charge >= 0.3 is 37.7 Å². The summed E-state index contributed by atoms with van der Waals surface area (Å²) in [5, 5.41) is 0. The monoisotopic (exact) mass is 136 g/mol. The molecular formula is H10Li2O4Ti. The summed E-state index contributed by atoms with van der Waals surface area (Å²) < 4.78 is 0. The number of hydrogen-bond acceptors (Lipinski definition) is 0. The van der Waals surface area contributed by atoms with E-state index in [1.165, 1.54) is 0 Å². The van der Waals surface area contributed by atoms with Crippen LogP contribution in [-0.2, 0) is 21.7 Å².